The Kier molecular flexibility index (Phi) is 14.8. The molecule has 7 heterocycles. The predicted octanol–water partition coefficient (Wildman–Crippen LogP) is 12.8. The minimum Gasteiger partial charge on any atom is -0.456 e. The number of allylic oxidation sites excluding steroid dienone is 4. The molecule has 442 valence electrons. The highest BCUT2D eigenvalue weighted by atomic mass is 79.9. The highest BCUT2D eigenvalue weighted by Gasteiger charge is 2.49. The van der Waals surface area contributed by atoms with Gasteiger partial charge in [0.1, 0.15) is 33.5 Å². The lowest BCUT2D eigenvalue weighted by atomic mass is 9.36. The molecule has 19 rings (SSSR count). The van der Waals surface area contributed by atoms with E-state index in [1.807, 2.05) is 42.5 Å². The summed E-state index contributed by atoms with van der Waals surface area (Å²) >= 11 is 7.52. The first kappa shape index (κ1) is 58.6. The molecule has 0 saturated carbocycles. The van der Waals surface area contributed by atoms with Crippen molar-refractivity contribution in [1.29, 1.82) is 0 Å². The van der Waals surface area contributed by atoms with E-state index in [0.29, 0.717) is 17.8 Å². The van der Waals surface area contributed by atoms with E-state index in [4.69, 9.17) is 13.3 Å². The first-order valence-electron chi connectivity index (χ1n) is 31.0. The van der Waals surface area contributed by atoms with Gasteiger partial charge in [0.25, 0.3) is 0 Å². The van der Waals surface area contributed by atoms with E-state index >= 15 is 0 Å². The van der Waals surface area contributed by atoms with Gasteiger partial charge in [-0.3, -0.25) is 0 Å². The minimum absolute atomic E-state index is 0. The van der Waals surface area contributed by atoms with Crippen LogP contribution in [0.4, 0.5) is 0 Å². The second kappa shape index (κ2) is 23.6. The number of furan rings is 3. The topological polar surface area (TPSA) is 79.9 Å². The van der Waals surface area contributed by atoms with Crippen LogP contribution < -0.4 is 59.0 Å². The third-order valence-electron chi connectivity index (χ3n) is 19.2. The summed E-state index contributed by atoms with van der Waals surface area (Å²) in [7, 11) is -6.28. The number of benzene rings is 12. The van der Waals surface area contributed by atoms with Crippen molar-refractivity contribution in [2.45, 2.75) is 7.43 Å². The summed E-state index contributed by atoms with van der Waals surface area (Å²) in [6.07, 6.45) is 0. The molecule has 0 radical (unpaired) electrons. The Morgan fingerprint density at radius 1 is 0.301 bits per heavy atom. The molecule has 12 heteroatoms. The molecule has 0 fully saturated rings. The van der Waals surface area contributed by atoms with E-state index in [1.165, 1.54) is 73.6 Å². The molecule has 4 aliphatic heterocycles. The summed E-state index contributed by atoms with van der Waals surface area (Å²) in [5.74, 6) is 0. The summed E-state index contributed by atoms with van der Waals surface area (Å²) in [4.78, 5) is 0. The zero-order valence-corrected chi connectivity index (χ0v) is 54.7. The van der Waals surface area contributed by atoms with Gasteiger partial charge in [-0.05, 0) is 29.3 Å². The summed E-state index contributed by atoms with van der Waals surface area (Å²) in [6.45, 7) is 0.454. The molecule has 12 aromatic carbocycles. The van der Waals surface area contributed by atoms with Crippen LogP contribution in [0.2, 0.25) is 0 Å². The Bertz CT molecular complexity index is 5350. The molecule has 0 atom stereocenters. The van der Waals surface area contributed by atoms with E-state index in [-0.39, 0.29) is 14.1 Å². The van der Waals surface area contributed by atoms with Crippen LogP contribution in [0.25, 0.3) is 77.0 Å². The summed E-state index contributed by atoms with van der Waals surface area (Å²) < 4.78 is 21.4. The number of hydrogen-bond donors (Lipinski definition) is 2. The van der Waals surface area contributed by atoms with Gasteiger partial charge in [0.2, 0.25) is 13.4 Å². The molecule has 0 unspecified atom stereocenters. The molecule has 2 spiro atoms. The number of rotatable bonds is 5. The molecule has 5 nitrogen and oxygen atoms in total. The van der Waals surface area contributed by atoms with Crippen molar-refractivity contribution in [2.24, 2.45) is 0 Å². The quantitative estimate of drug-likeness (QED) is 0.168. The lowest BCUT2D eigenvalue weighted by Gasteiger charge is -2.37. The van der Waals surface area contributed by atoms with Crippen molar-refractivity contribution < 1.29 is 23.3 Å². The van der Waals surface area contributed by atoms with Gasteiger partial charge in [0.15, 0.2) is 16.1 Å². The molecule has 15 aromatic rings. The number of hydrogen-bond acceptors (Lipinski definition) is 5. The molecule has 4 aliphatic rings. The van der Waals surface area contributed by atoms with E-state index in [0.717, 1.165) is 71.4 Å². The van der Waals surface area contributed by atoms with Crippen LogP contribution in [-0.2, 0) is 0 Å². The Morgan fingerprint density at radius 3 is 0.989 bits per heavy atom. The maximum absolute atomic E-state index is 9.24. The highest BCUT2D eigenvalue weighted by Crippen LogP contribution is 2.46. The molecule has 93 heavy (non-hydrogen) atoms. The van der Waals surface area contributed by atoms with Crippen LogP contribution in [-0.4, -0.2) is 46.7 Å². The molecule has 0 aliphatic carbocycles. The molecule has 0 amide bonds. The average Bonchev–Trinajstić information content (AvgIpc) is 1.68. The lowest BCUT2D eigenvalue weighted by molar-refractivity contribution is 0.425. The average molecular weight is 1360 g/mol. The number of fused-ring (bicyclic) bond motifs is 17. The molecule has 3 aromatic heterocycles. The Morgan fingerprint density at radius 2 is 0.602 bits per heavy atom. The van der Waals surface area contributed by atoms with E-state index < -0.39 is 23.3 Å². The van der Waals surface area contributed by atoms with Gasteiger partial charge in [-0.25, -0.2) is 0 Å². The van der Waals surface area contributed by atoms with Gasteiger partial charge in [-0.15, -0.1) is 0 Å². The lowest BCUT2D eigenvalue weighted by Crippen LogP contribution is -2.77. The van der Waals surface area contributed by atoms with Gasteiger partial charge in [-0.1, -0.05) is 383 Å². The molecule has 0 saturated heterocycles. The van der Waals surface area contributed by atoms with Crippen LogP contribution in [0.3, 0.4) is 0 Å². The van der Waals surface area contributed by atoms with Crippen molar-refractivity contribution in [3.63, 3.8) is 0 Å². The van der Waals surface area contributed by atoms with Crippen molar-refractivity contribution in [3.05, 3.63) is 328 Å². The largest absolute Gasteiger partial charge is 0.492 e. The molecule has 2 N–H and O–H groups in total. The zero-order valence-electron chi connectivity index (χ0n) is 49.6. The first-order chi connectivity index (χ1) is 45.3. The van der Waals surface area contributed by atoms with Crippen LogP contribution in [0.5, 0.6) is 0 Å². The first-order valence-corrected chi connectivity index (χ1v) is 36.9. The zero-order chi connectivity index (χ0) is 61.7. The molecular weight excluding hydrogens is 1300 g/mol. The minimum atomic E-state index is -2.69. The van der Waals surface area contributed by atoms with Crippen molar-refractivity contribution in [2.75, 3.05) is 0 Å². The maximum atomic E-state index is 9.24. The SMILES string of the molecule is BrC1=C[Si]2(C=C1Br)c1ccccc1B(c1ccccc1)c1ccccc12.C.C1=C(c2cccc3c2oc2ccccc23)C(c2cccc3c2oc2ccccc23)=C[Si]12c1ccccc1B(c1ccccc1)c1ccccc12.OB(O)c1cccc2c1oc1ccccc12. The summed E-state index contributed by atoms with van der Waals surface area (Å²) in [5, 5.41) is 30.8. The van der Waals surface area contributed by atoms with Gasteiger partial charge in [0, 0.05) is 57.9 Å². The van der Waals surface area contributed by atoms with E-state index in [2.05, 4.69) is 285 Å². The fourth-order valence-electron chi connectivity index (χ4n) is 15.3. The fourth-order valence-corrected chi connectivity index (χ4v) is 27.1. The third kappa shape index (κ3) is 9.48. The number of halogens is 2. The summed E-state index contributed by atoms with van der Waals surface area (Å²) in [6, 6.07) is 101. The number of para-hydroxylation sites is 6. The molecule has 0 bridgehead atoms. The second-order valence-electron chi connectivity index (χ2n) is 24.1. The second-order valence-corrected chi connectivity index (χ2v) is 32.6. The van der Waals surface area contributed by atoms with E-state index in [1.54, 1.807) is 12.1 Å². The van der Waals surface area contributed by atoms with Crippen LogP contribution >= 0.6 is 31.9 Å². The van der Waals surface area contributed by atoms with Crippen LogP contribution in [0, 0.1) is 0 Å². The molecular formula is C81H57B3Br2O5Si2. The highest BCUT2D eigenvalue weighted by molar-refractivity contribution is 9.15. The van der Waals surface area contributed by atoms with Crippen LogP contribution in [0.1, 0.15) is 18.6 Å². The normalized spacial score (nSPS) is 14.5. The monoisotopic (exact) mass is 1360 g/mol. The van der Waals surface area contributed by atoms with Gasteiger partial charge in [0.05, 0.1) is 0 Å². The standard InChI is InChI=1S/C46H29BO2Si.C22H15BBr2Si.C12H9BO3.CH4/c1-2-14-30(15-3-1)47-39-22-6-10-26-43(39)50(44-27-11-7-23-40(44)47)28-37(35-20-12-18-33-31-16-4-8-24-41(31)48-45(33)35)38(29-50)36-21-13-19-34-32-17-5-9-25-42(32)49-46(34)36;24-19-14-26(15-20(19)25)21-12-6-4-10-17(21)23(16-8-2-1-3-9-16)18-11-5-7-13-22(18)26;14-13(15)10-6-3-5-9-8-4-1-2-7-11(8)16-12(9)10;/h1-29H;1-15H;1-7,14-15H;1H4. The van der Waals surface area contributed by atoms with Gasteiger partial charge < -0.3 is 23.3 Å². The Labute approximate surface area is 559 Å². The Balaban J connectivity index is 0.000000132. The smallest absolute Gasteiger partial charge is 0.456 e. The van der Waals surface area contributed by atoms with Crippen molar-refractivity contribution in [3.8, 4) is 0 Å². The summed E-state index contributed by atoms with van der Waals surface area (Å²) in [5.41, 5.74) is 28.6. The fraction of sp³-hybridized carbons (Fsp3) is 0.0123. The third-order valence-corrected chi connectivity index (χ3v) is 30.3. The van der Waals surface area contributed by atoms with Gasteiger partial charge in [-0.2, -0.15) is 0 Å². The van der Waals surface area contributed by atoms with Gasteiger partial charge >= 0.3 is 7.12 Å². The predicted molar refractivity (Wildman–Crippen MR) is 406 cm³/mol. The van der Waals surface area contributed by atoms with E-state index in [9.17, 15) is 10.0 Å². The van der Waals surface area contributed by atoms with Crippen molar-refractivity contribution in [1.82, 2.24) is 0 Å². The van der Waals surface area contributed by atoms with Crippen LogP contribution in [0.15, 0.2) is 330 Å². The maximum Gasteiger partial charge on any atom is 0.492 e. The van der Waals surface area contributed by atoms with Crippen molar-refractivity contribution >= 4 is 204 Å². The Hall–Kier alpha value is -9.49.